The van der Waals surface area contributed by atoms with Crippen molar-refractivity contribution in [2.24, 2.45) is 0 Å². The molecule has 0 aromatic carbocycles. The second kappa shape index (κ2) is 5.64. The second-order valence-corrected chi connectivity index (χ2v) is 4.51. The third-order valence-electron chi connectivity index (χ3n) is 3.11. The maximum atomic E-state index is 11.7. The highest BCUT2D eigenvalue weighted by atomic mass is 16.2. The second-order valence-electron chi connectivity index (χ2n) is 4.51. The van der Waals surface area contributed by atoms with Gasteiger partial charge in [0.1, 0.15) is 0 Å². The van der Waals surface area contributed by atoms with Crippen LogP contribution in [0.15, 0.2) is 12.4 Å². The standard InChI is InChI=1S/C12H16N4O3/c1-8(9-6-13-14-7-9)15-10(17)4-5-16-11(18)2-3-12(16)19/h6-8H,2-5H2,1H3,(H,13,14)(H,15,17). The zero-order valence-corrected chi connectivity index (χ0v) is 10.7. The van der Waals surface area contributed by atoms with Gasteiger partial charge in [-0.3, -0.25) is 24.4 Å². The number of rotatable bonds is 5. The smallest absolute Gasteiger partial charge is 0.229 e. The van der Waals surface area contributed by atoms with Gasteiger partial charge in [-0.25, -0.2) is 0 Å². The van der Waals surface area contributed by atoms with E-state index < -0.39 is 0 Å². The number of hydrogen-bond acceptors (Lipinski definition) is 4. The SMILES string of the molecule is CC(NC(=O)CCN1C(=O)CCC1=O)c1cn[nH]c1. The van der Waals surface area contributed by atoms with Crippen LogP contribution >= 0.6 is 0 Å². The highest BCUT2D eigenvalue weighted by Gasteiger charge is 2.28. The first-order valence-electron chi connectivity index (χ1n) is 6.19. The zero-order chi connectivity index (χ0) is 13.8. The highest BCUT2D eigenvalue weighted by Crippen LogP contribution is 2.13. The Morgan fingerprint density at radius 1 is 1.47 bits per heavy atom. The van der Waals surface area contributed by atoms with Gasteiger partial charge in [0.05, 0.1) is 12.2 Å². The van der Waals surface area contributed by atoms with Crippen LogP contribution < -0.4 is 5.32 Å². The Morgan fingerprint density at radius 3 is 2.74 bits per heavy atom. The van der Waals surface area contributed by atoms with Gasteiger partial charge in [0.25, 0.3) is 0 Å². The molecule has 3 amide bonds. The monoisotopic (exact) mass is 264 g/mol. The van der Waals surface area contributed by atoms with Crippen molar-refractivity contribution in [2.75, 3.05) is 6.54 Å². The van der Waals surface area contributed by atoms with Crippen LogP contribution in [0.25, 0.3) is 0 Å². The molecule has 0 spiro atoms. The number of aromatic amines is 1. The van der Waals surface area contributed by atoms with Crippen LogP contribution in [0, 0.1) is 0 Å². The number of carbonyl (C=O) groups is 3. The molecule has 2 rings (SSSR count). The summed E-state index contributed by atoms with van der Waals surface area (Å²) in [7, 11) is 0. The minimum absolute atomic E-state index is 0.125. The van der Waals surface area contributed by atoms with Crippen LogP contribution in [-0.4, -0.2) is 39.4 Å². The molecule has 1 aromatic rings. The lowest BCUT2D eigenvalue weighted by Crippen LogP contribution is -2.34. The summed E-state index contributed by atoms with van der Waals surface area (Å²) in [5.41, 5.74) is 0.877. The van der Waals surface area contributed by atoms with Gasteiger partial charge in [0, 0.05) is 37.6 Å². The molecule has 102 valence electrons. The number of aromatic nitrogens is 2. The van der Waals surface area contributed by atoms with Crippen molar-refractivity contribution in [2.45, 2.75) is 32.2 Å². The fourth-order valence-corrected chi connectivity index (χ4v) is 1.98. The van der Waals surface area contributed by atoms with Crippen LogP contribution in [0.1, 0.15) is 37.8 Å². The number of H-pyrrole nitrogens is 1. The molecule has 1 aliphatic rings. The number of likely N-dealkylation sites (tertiary alicyclic amines) is 1. The molecule has 0 aliphatic carbocycles. The van der Waals surface area contributed by atoms with Crippen molar-refractivity contribution >= 4 is 17.7 Å². The molecule has 1 aromatic heterocycles. The third kappa shape index (κ3) is 3.18. The molecule has 0 bridgehead atoms. The van der Waals surface area contributed by atoms with Crippen molar-refractivity contribution in [3.05, 3.63) is 18.0 Å². The third-order valence-corrected chi connectivity index (χ3v) is 3.11. The zero-order valence-electron chi connectivity index (χ0n) is 10.7. The minimum atomic E-state index is -0.194. The summed E-state index contributed by atoms with van der Waals surface area (Å²) in [4.78, 5) is 35.6. The topological polar surface area (TPSA) is 95.2 Å². The molecule has 1 aliphatic heterocycles. The molecule has 19 heavy (non-hydrogen) atoms. The fourth-order valence-electron chi connectivity index (χ4n) is 1.98. The molecule has 1 atom stereocenters. The summed E-state index contributed by atoms with van der Waals surface area (Å²) in [5.74, 6) is -0.581. The first-order valence-corrected chi connectivity index (χ1v) is 6.19. The number of hydrogen-bond donors (Lipinski definition) is 2. The van der Waals surface area contributed by atoms with Gasteiger partial charge in [-0.2, -0.15) is 5.10 Å². The number of imide groups is 1. The van der Waals surface area contributed by atoms with E-state index in [1.807, 2.05) is 6.92 Å². The van der Waals surface area contributed by atoms with Crippen LogP contribution in [0.5, 0.6) is 0 Å². The molecule has 1 saturated heterocycles. The summed E-state index contributed by atoms with van der Waals surface area (Å²) in [5, 5.41) is 9.27. The number of amides is 3. The maximum Gasteiger partial charge on any atom is 0.229 e. The van der Waals surface area contributed by atoms with E-state index in [2.05, 4.69) is 15.5 Å². The molecule has 2 N–H and O–H groups in total. The molecule has 7 nitrogen and oxygen atoms in total. The van der Waals surface area contributed by atoms with Crippen LogP contribution in [0.4, 0.5) is 0 Å². The van der Waals surface area contributed by atoms with E-state index in [1.165, 1.54) is 0 Å². The Kier molecular flexibility index (Phi) is 3.94. The molecular weight excluding hydrogens is 248 g/mol. The Labute approximate surface area is 110 Å². The predicted molar refractivity (Wildman–Crippen MR) is 65.7 cm³/mol. The average Bonchev–Trinajstić information content (AvgIpc) is 2.98. The van der Waals surface area contributed by atoms with E-state index in [0.29, 0.717) is 0 Å². The van der Waals surface area contributed by atoms with Crippen molar-refractivity contribution in [1.29, 1.82) is 0 Å². The Bertz CT molecular complexity index is 467. The molecule has 2 heterocycles. The van der Waals surface area contributed by atoms with Gasteiger partial charge in [0.2, 0.25) is 17.7 Å². The van der Waals surface area contributed by atoms with Gasteiger partial charge in [-0.05, 0) is 6.92 Å². The normalized spacial score (nSPS) is 16.8. The molecule has 7 heteroatoms. The van der Waals surface area contributed by atoms with Gasteiger partial charge >= 0.3 is 0 Å². The largest absolute Gasteiger partial charge is 0.349 e. The van der Waals surface area contributed by atoms with E-state index in [0.717, 1.165) is 10.5 Å². The van der Waals surface area contributed by atoms with E-state index in [4.69, 9.17) is 0 Å². The van der Waals surface area contributed by atoms with Gasteiger partial charge in [-0.15, -0.1) is 0 Å². The summed E-state index contributed by atoms with van der Waals surface area (Å²) >= 11 is 0. The summed E-state index contributed by atoms with van der Waals surface area (Å²) < 4.78 is 0. The van der Waals surface area contributed by atoms with Crippen LogP contribution in [-0.2, 0) is 14.4 Å². The first kappa shape index (κ1) is 13.3. The quantitative estimate of drug-likeness (QED) is 0.739. The highest BCUT2D eigenvalue weighted by molar-refractivity contribution is 6.02. The van der Waals surface area contributed by atoms with Gasteiger partial charge in [-0.1, -0.05) is 0 Å². The van der Waals surface area contributed by atoms with Crippen molar-refractivity contribution in [3.8, 4) is 0 Å². The predicted octanol–water partition coefficient (Wildman–Crippen LogP) is 0.126. The van der Waals surface area contributed by atoms with E-state index >= 15 is 0 Å². The van der Waals surface area contributed by atoms with Crippen LogP contribution in [0.3, 0.4) is 0 Å². The van der Waals surface area contributed by atoms with Gasteiger partial charge in [0.15, 0.2) is 0 Å². The Hall–Kier alpha value is -2.18. The molecular formula is C12H16N4O3. The lowest BCUT2D eigenvalue weighted by Gasteiger charge is -2.15. The van der Waals surface area contributed by atoms with Gasteiger partial charge < -0.3 is 5.32 Å². The molecule has 1 unspecified atom stereocenters. The fraction of sp³-hybridized carbons (Fsp3) is 0.500. The number of nitrogens with one attached hydrogen (secondary N) is 2. The minimum Gasteiger partial charge on any atom is -0.349 e. The molecule has 0 radical (unpaired) electrons. The van der Waals surface area contributed by atoms with E-state index in [1.54, 1.807) is 12.4 Å². The lowest BCUT2D eigenvalue weighted by molar-refractivity contribution is -0.138. The van der Waals surface area contributed by atoms with Crippen molar-refractivity contribution < 1.29 is 14.4 Å². The Balaban J connectivity index is 1.79. The number of nitrogens with zero attached hydrogens (tertiary/aromatic N) is 2. The van der Waals surface area contributed by atoms with Crippen LogP contribution in [0.2, 0.25) is 0 Å². The number of carbonyl (C=O) groups excluding carboxylic acids is 3. The average molecular weight is 264 g/mol. The van der Waals surface area contributed by atoms with E-state index in [-0.39, 0.29) is 49.6 Å². The molecule has 0 saturated carbocycles. The molecule has 1 fully saturated rings. The summed E-state index contributed by atoms with van der Waals surface area (Å²) in [6.07, 6.45) is 3.98. The first-order chi connectivity index (χ1) is 9.08. The summed E-state index contributed by atoms with van der Waals surface area (Å²) in [6.45, 7) is 2.00. The van der Waals surface area contributed by atoms with Crippen molar-refractivity contribution in [3.63, 3.8) is 0 Å². The Morgan fingerprint density at radius 2 is 2.16 bits per heavy atom. The van der Waals surface area contributed by atoms with E-state index in [9.17, 15) is 14.4 Å². The maximum absolute atomic E-state index is 11.7. The summed E-state index contributed by atoms with van der Waals surface area (Å²) in [6, 6.07) is -0.156. The van der Waals surface area contributed by atoms with Crippen molar-refractivity contribution in [1.82, 2.24) is 20.4 Å². The lowest BCUT2D eigenvalue weighted by atomic mass is 10.2.